The van der Waals surface area contributed by atoms with Crippen molar-refractivity contribution < 1.29 is 0 Å². The van der Waals surface area contributed by atoms with E-state index >= 15 is 0 Å². The van der Waals surface area contributed by atoms with Crippen LogP contribution in [-0.4, -0.2) is 6.71 Å². The molecule has 5 aromatic carbocycles. The fraction of sp³-hybridized carbons (Fsp3) is 0.458. The Morgan fingerprint density at radius 3 is 1.75 bits per heavy atom. The zero-order valence-corrected chi connectivity index (χ0v) is 41.3. The van der Waals surface area contributed by atoms with Crippen LogP contribution in [0.25, 0.3) is 10.1 Å². The molecule has 2 aliphatic heterocycles. The zero-order valence-electron chi connectivity index (χ0n) is 40.5. The molecule has 1 aromatic heterocycles. The first kappa shape index (κ1) is 41.4. The van der Waals surface area contributed by atoms with Crippen molar-refractivity contribution in [2.75, 3.05) is 9.80 Å². The monoisotopic (exact) mass is 849 g/mol. The molecule has 0 spiro atoms. The predicted octanol–water partition coefficient (Wildman–Crippen LogP) is 15.8. The molecule has 4 heteroatoms. The summed E-state index contributed by atoms with van der Waals surface area (Å²) in [7, 11) is 0. The summed E-state index contributed by atoms with van der Waals surface area (Å²) in [5.74, 6) is 2.71. The topological polar surface area (TPSA) is 6.48 Å². The standard InChI is InChI=1S/C59H69BN2S/c1-33(2)38-18-20-40(21-19-38)61-50-31-44-36(5)16-15-35(4)43(44)30-49(50)60-54-51(61)26-39(57(7,8)9)27-52(54)62(41-22-23-47-48(28-41)59(12,13)25-24-58(47,10)11)55-46-29-42-34(3)14-17-37(6)45(42)32-53(46)63-56(55)60/h18-23,26-37H,14-17,24-25H2,1-13H3. The lowest BCUT2D eigenvalue weighted by Crippen LogP contribution is -2.60. The van der Waals surface area contributed by atoms with Gasteiger partial charge in [0.1, 0.15) is 0 Å². The number of rotatable bonds is 3. The minimum atomic E-state index is -0.0660. The van der Waals surface area contributed by atoms with Crippen molar-refractivity contribution in [2.45, 2.75) is 174 Å². The van der Waals surface area contributed by atoms with Crippen LogP contribution in [0.3, 0.4) is 0 Å². The highest BCUT2D eigenvalue weighted by Gasteiger charge is 2.48. The van der Waals surface area contributed by atoms with Crippen LogP contribution in [0.5, 0.6) is 0 Å². The van der Waals surface area contributed by atoms with Gasteiger partial charge in [0.25, 0.3) is 6.71 Å². The Labute approximate surface area is 383 Å². The first-order chi connectivity index (χ1) is 29.8. The van der Waals surface area contributed by atoms with Crippen LogP contribution in [0.4, 0.5) is 34.1 Å². The van der Waals surface area contributed by atoms with Crippen LogP contribution in [0.1, 0.15) is 203 Å². The molecule has 4 atom stereocenters. The lowest BCUT2D eigenvalue weighted by atomic mass is 9.35. The SMILES string of the molecule is CC(C)c1ccc(N2c3cc4c(cc3B3c5sc6cc7c(cc6c5N(c5ccc6c(c5)C(C)(C)CCC6(C)C)c5cc(C(C)(C)C)cc2c53)C(C)CCC7C)C(C)CCC4C)cc1. The normalized spacial score (nSPS) is 22.9. The number of benzene rings is 5. The number of thiophene rings is 1. The zero-order chi connectivity index (χ0) is 44.2. The summed E-state index contributed by atoms with van der Waals surface area (Å²) < 4.78 is 2.96. The van der Waals surface area contributed by atoms with Crippen molar-refractivity contribution in [1.82, 2.24) is 0 Å². The average Bonchev–Trinajstić information content (AvgIpc) is 3.61. The first-order valence-electron chi connectivity index (χ1n) is 24.6. The van der Waals surface area contributed by atoms with E-state index in [0.717, 1.165) is 0 Å². The van der Waals surface area contributed by atoms with Gasteiger partial charge in [-0.15, -0.1) is 11.3 Å². The molecule has 0 bridgehead atoms. The second-order valence-electron chi connectivity index (χ2n) is 23.6. The second kappa shape index (κ2) is 14.1. The van der Waals surface area contributed by atoms with Crippen LogP contribution in [0.2, 0.25) is 0 Å². The molecule has 2 nitrogen and oxygen atoms in total. The molecular formula is C59H69BN2S. The Kier molecular flexibility index (Phi) is 9.28. The van der Waals surface area contributed by atoms with Crippen molar-refractivity contribution in [3.8, 4) is 0 Å². The van der Waals surface area contributed by atoms with E-state index in [2.05, 4.69) is 190 Å². The van der Waals surface area contributed by atoms with Gasteiger partial charge < -0.3 is 9.80 Å². The second-order valence-corrected chi connectivity index (χ2v) is 24.7. The Balaban J connectivity index is 1.28. The molecule has 0 fully saturated rings. The molecule has 11 rings (SSSR count). The van der Waals surface area contributed by atoms with Gasteiger partial charge in [0.2, 0.25) is 0 Å². The Morgan fingerprint density at radius 1 is 0.603 bits per heavy atom. The largest absolute Gasteiger partial charge is 0.311 e. The van der Waals surface area contributed by atoms with Gasteiger partial charge in [-0.2, -0.15) is 0 Å². The molecule has 324 valence electrons. The van der Waals surface area contributed by atoms with Gasteiger partial charge in [-0.25, -0.2) is 0 Å². The molecule has 3 heterocycles. The number of nitrogens with zero attached hydrogens (tertiary/aromatic N) is 2. The fourth-order valence-electron chi connectivity index (χ4n) is 12.7. The molecule has 5 aliphatic rings. The molecule has 63 heavy (non-hydrogen) atoms. The third-order valence-corrected chi connectivity index (χ3v) is 18.2. The summed E-state index contributed by atoms with van der Waals surface area (Å²) in [6, 6.07) is 33.1. The molecule has 0 N–H and O–H groups in total. The van der Waals surface area contributed by atoms with E-state index in [4.69, 9.17) is 0 Å². The predicted molar refractivity (Wildman–Crippen MR) is 276 cm³/mol. The van der Waals surface area contributed by atoms with Gasteiger partial charge in [-0.05, 0) is 194 Å². The minimum absolute atomic E-state index is 0.0660. The number of hydrogen-bond donors (Lipinski definition) is 0. The van der Waals surface area contributed by atoms with Gasteiger partial charge in [0, 0.05) is 43.3 Å². The highest BCUT2D eigenvalue weighted by Crippen LogP contribution is 2.54. The molecule has 6 aromatic rings. The highest BCUT2D eigenvalue weighted by atomic mass is 32.1. The Morgan fingerprint density at radius 2 is 1.14 bits per heavy atom. The average molecular weight is 849 g/mol. The maximum atomic E-state index is 2.77. The summed E-state index contributed by atoms with van der Waals surface area (Å²) in [6.07, 6.45) is 7.45. The number of anilines is 6. The lowest BCUT2D eigenvalue weighted by molar-refractivity contribution is 0.332. The summed E-state index contributed by atoms with van der Waals surface area (Å²) in [6.45, 7) is 31.8. The van der Waals surface area contributed by atoms with Crippen molar-refractivity contribution in [3.63, 3.8) is 0 Å². The van der Waals surface area contributed by atoms with E-state index in [1.165, 1.54) is 121 Å². The maximum absolute atomic E-state index is 2.77. The van der Waals surface area contributed by atoms with Crippen LogP contribution in [0.15, 0.2) is 78.9 Å². The highest BCUT2D eigenvalue weighted by molar-refractivity contribution is 7.33. The molecule has 0 amide bonds. The van der Waals surface area contributed by atoms with E-state index in [0.29, 0.717) is 29.6 Å². The van der Waals surface area contributed by atoms with Crippen molar-refractivity contribution in [2.24, 2.45) is 0 Å². The van der Waals surface area contributed by atoms with Gasteiger partial charge in [-0.3, -0.25) is 0 Å². The molecule has 4 unspecified atom stereocenters. The van der Waals surface area contributed by atoms with E-state index < -0.39 is 0 Å². The summed E-state index contributed by atoms with van der Waals surface area (Å²) in [5, 5.41) is 1.44. The third kappa shape index (κ3) is 6.22. The van der Waals surface area contributed by atoms with Gasteiger partial charge in [0.15, 0.2) is 0 Å². The smallest absolute Gasteiger partial charge is 0.264 e. The van der Waals surface area contributed by atoms with Gasteiger partial charge >= 0.3 is 0 Å². The Hall–Kier alpha value is -4.28. The first-order valence-corrected chi connectivity index (χ1v) is 25.5. The van der Waals surface area contributed by atoms with Crippen LogP contribution < -0.4 is 25.5 Å². The molecular weight excluding hydrogens is 780 g/mol. The van der Waals surface area contributed by atoms with Crippen molar-refractivity contribution in [3.05, 3.63) is 123 Å². The van der Waals surface area contributed by atoms with E-state index in [1.807, 2.05) is 0 Å². The maximum Gasteiger partial charge on any atom is 0.264 e. The minimum Gasteiger partial charge on any atom is -0.311 e. The van der Waals surface area contributed by atoms with Crippen molar-refractivity contribution in [1.29, 1.82) is 0 Å². The molecule has 0 saturated heterocycles. The van der Waals surface area contributed by atoms with E-state index in [9.17, 15) is 0 Å². The third-order valence-electron chi connectivity index (χ3n) is 17.0. The van der Waals surface area contributed by atoms with Crippen LogP contribution in [-0.2, 0) is 16.2 Å². The summed E-state index contributed by atoms with van der Waals surface area (Å²) in [5.41, 5.74) is 23.3. The number of fused-ring (bicyclic) bond motifs is 9. The summed E-state index contributed by atoms with van der Waals surface area (Å²) >= 11 is 2.10. The quantitative estimate of drug-likeness (QED) is 0.163. The molecule has 0 radical (unpaired) electrons. The van der Waals surface area contributed by atoms with Gasteiger partial charge in [0.05, 0.1) is 5.69 Å². The van der Waals surface area contributed by atoms with Crippen LogP contribution >= 0.6 is 11.3 Å². The summed E-state index contributed by atoms with van der Waals surface area (Å²) in [4.78, 5) is 5.46. The van der Waals surface area contributed by atoms with E-state index in [1.54, 1.807) is 22.3 Å². The van der Waals surface area contributed by atoms with Gasteiger partial charge in [-0.1, -0.05) is 114 Å². The lowest BCUT2D eigenvalue weighted by Gasteiger charge is -2.46. The molecule has 3 aliphatic carbocycles. The van der Waals surface area contributed by atoms with Crippen LogP contribution in [0, 0.1) is 0 Å². The Bertz CT molecular complexity index is 2850. The molecule has 0 saturated carbocycles. The number of hydrogen-bond acceptors (Lipinski definition) is 3. The fourth-order valence-corrected chi connectivity index (χ4v) is 14.0. The van der Waals surface area contributed by atoms with Crippen molar-refractivity contribution >= 4 is 78.0 Å². The van der Waals surface area contributed by atoms with E-state index in [-0.39, 0.29) is 23.0 Å².